The highest BCUT2D eigenvalue weighted by Crippen LogP contribution is 2.35. The lowest BCUT2D eigenvalue weighted by molar-refractivity contribution is -0.137. The minimum absolute atomic E-state index is 0.0984. The van der Waals surface area contributed by atoms with E-state index >= 15 is 0 Å². The molecule has 0 saturated carbocycles. The molecule has 7 heteroatoms. The fourth-order valence-corrected chi connectivity index (χ4v) is 3.63. The van der Waals surface area contributed by atoms with E-state index in [4.69, 9.17) is 9.47 Å². The highest BCUT2D eigenvalue weighted by atomic mass is 16.6. The predicted octanol–water partition coefficient (Wildman–Crippen LogP) is 3.25. The van der Waals surface area contributed by atoms with Gasteiger partial charge in [-0.15, -0.1) is 0 Å². The van der Waals surface area contributed by atoms with Gasteiger partial charge in [-0.1, -0.05) is 36.4 Å². The predicted molar refractivity (Wildman–Crippen MR) is 114 cm³/mol. The SMILES string of the molecule is O=C1C(Nc2ccc3c(c2)OCCO3)=C(c2ccccc2)C(=O)N1Cc1ccccn1. The zero-order valence-corrected chi connectivity index (χ0v) is 16.6. The fraction of sp³-hybridized carbons (Fsp3) is 0.125. The number of carbonyl (C=O) groups excluding carboxylic acids is 2. The largest absolute Gasteiger partial charge is 0.486 e. The standard InChI is InChI=1S/C24H19N3O4/c28-23-21(16-6-2-1-3-7-16)22(24(29)27(23)15-18-8-4-5-11-25-18)26-17-9-10-19-20(14-17)31-13-12-30-19/h1-11,14,26H,12-13,15H2. The third-order valence-electron chi connectivity index (χ3n) is 5.09. The summed E-state index contributed by atoms with van der Waals surface area (Å²) in [6, 6.07) is 19.9. The average molecular weight is 413 g/mol. The molecule has 1 aromatic heterocycles. The van der Waals surface area contributed by atoms with Gasteiger partial charge in [0.05, 0.1) is 17.8 Å². The number of nitrogens with zero attached hydrogens (tertiary/aromatic N) is 2. The van der Waals surface area contributed by atoms with Gasteiger partial charge in [-0.2, -0.15) is 0 Å². The number of imide groups is 1. The molecule has 0 fully saturated rings. The molecule has 2 amide bonds. The first-order valence-electron chi connectivity index (χ1n) is 9.93. The molecule has 0 spiro atoms. The van der Waals surface area contributed by atoms with Crippen molar-refractivity contribution in [1.82, 2.24) is 9.88 Å². The van der Waals surface area contributed by atoms with Crippen LogP contribution >= 0.6 is 0 Å². The zero-order chi connectivity index (χ0) is 21.2. The smallest absolute Gasteiger partial charge is 0.278 e. The van der Waals surface area contributed by atoms with Crippen LogP contribution in [0.25, 0.3) is 5.57 Å². The van der Waals surface area contributed by atoms with Gasteiger partial charge in [-0.3, -0.25) is 19.5 Å². The number of nitrogens with one attached hydrogen (secondary N) is 1. The second-order valence-corrected chi connectivity index (χ2v) is 7.12. The van der Waals surface area contributed by atoms with Crippen molar-refractivity contribution in [2.24, 2.45) is 0 Å². The molecule has 3 heterocycles. The van der Waals surface area contributed by atoms with E-state index in [0.717, 1.165) is 0 Å². The van der Waals surface area contributed by atoms with Crippen LogP contribution in [0.4, 0.5) is 5.69 Å². The van der Waals surface area contributed by atoms with Gasteiger partial charge in [0.15, 0.2) is 11.5 Å². The van der Waals surface area contributed by atoms with Gasteiger partial charge in [0, 0.05) is 18.0 Å². The molecule has 31 heavy (non-hydrogen) atoms. The Morgan fingerprint density at radius 3 is 2.42 bits per heavy atom. The average Bonchev–Trinajstić information content (AvgIpc) is 3.04. The van der Waals surface area contributed by atoms with E-state index in [1.54, 1.807) is 36.5 Å². The van der Waals surface area contributed by atoms with Crippen molar-refractivity contribution in [2.75, 3.05) is 18.5 Å². The summed E-state index contributed by atoms with van der Waals surface area (Å²) in [7, 11) is 0. The second kappa shape index (κ2) is 7.95. The summed E-state index contributed by atoms with van der Waals surface area (Å²) < 4.78 is 11.2. The van der Waals surface area contributed by atoms with Crippen molar-refractivity contribution in [1.29, 1.82) is 0 Å². The Balaban J connectivity index is 1.52. The maximum absolute atomic E-state index is 13.3. The summed E-state index contributed by atoms with van der Waals surface area (Å²) in [6.07, 6.45) is 1.64. The van der Waals surface area contributed by atoms with Gasteiger partial charge in [0.1, 0.15) is 18.9 Å². The molecule has 154 valence electrons. The van der Waals surface area contributed by atoms with Crippen LogP contribution in [-0.2, 0) is 16.1 Å². The molecule has 2 aliphatic heterocycles. The number of benzene rings is 2. The molecule has 0 atom stereocenters. The number of hydrogen-bond donors (Lipinski definition) is 1. The Bertz CT molecular complexity index is 1180. The third kappa shape index (κ3) is 3.61. The van der Waals surface area contributed by atoms with Crippen molar-refractivity contribution in [3.8, 4) is 11.5 Å². The van der Waals surface area contributed by atoms with Crippen molar-refractivity contribution in [3.63, 3.8) is 0 Å². The maximum Gasteiger partial charge on any atom is 0.278 e. The van der Waals surface area contributed by atoms with Crippen LogP contribution in [0.15, 0.2) is 78.6 Å². The van der Waals surface area contributed by atoms with Crippen molar-refractivity contribution < 1.29 is 19.1 Å². The van der Waals surface area contributed by atoms with E-state index in [0.29, 0.717) is 47.2 Å². The molecule has 3 aromatic rings. The van der Waals surface area contributed by atoms with Gasteiger partial charge in [0.2, 0.25) is 0 Å². The lowest BCUT2D eigenvalue weighted by atomic mass is 10.0. The van der Waals surface area contributed by atoms with Crippen molar-refractivity contribution in [2.45, 2.75) is 6.54 Å². The molecule has 2 aliphatic rings. The molecule has 1 N–H and O–H groups in total. The van der Waals surface area contributed by atoms with Crippen molar-refractivity contribution in [3.05, 3.63) is 89.9 Å². The first kappa shape index (κ1) is 18.9. The van der Waals surface area contributed by atoms with Crippen molar-refractivity contribution >= 4 is 23.1 Å². The van der Waals surface area contributed by atoms with E-state index in [9.17, 15) is 9.59 Å². The minimum Gasteiger partial charge on any atom is -0.486 e. The summed E-state index contributed by atoms with van der Waals surface area (Å²) in [5, 5.41) is 3.15. The van der Waals surface area contributed by atoms with E-state index in [1.807, 2.05) is 36.4 Å². The van der Waals surface area contributed by atoms with Crippen LogP contribution in [-0.4, -0.2) is 34.9 Å². The van der Waals surface area contributed by atoms with Gasteiger partial charge in [0.25, 0.3) is 11.8 Å². The number of rotatable bonds is 5. The topological polar surface area (TPSA) is 80.8 Å². The van der Waals surface area contributed by atoms with Crippen LogP contribution in [0.2, 0.25) is 0 Å². The summed E-state index contributed by atoms with van der Waals surface area (Å²) in [5.41, 5.74) is 2.50. The minimum atomic E-state index is -0.399. The molecule has 0 bridgehead atoms. The molecule has 7 nitrogen and oxygen atoms in total. The molecule has 0 aliphatic carbocycles. The Kier molecular flexibility index (Phi) is 4.84. The maximum atomic E-state index is 13.3. The van der Waals surface area contributed by atoms with Crippen LogP contribution < -0.4 is 14.8 Å². The number of fused-ring (bicyclic) bond motifs is 1. The van der Waals surface area contributed by atoms with Gasteiger partial charge in [-0.25, -0.2) is 0 Å². The Labute approximate surface area is 178 Å². The molecule has 0 unspecified atom stereocenters. The fourth-order valence-electron chi connectivity index (χ4n) is 3.63. The molecule has 2 aromatic carbocycles. The monoisotopic (exact) mass is 413 g/mol. The highest BCUT2D eigenvalue weighted by molar-refractivity contribution is 6.36. The first-order chi connectivity index (χ1) is 15.2. The van der Waals surface area contributed by atoms with Crippen LogP contribution in [0, 0.1) is 0 Å². The first-order valence-corrected chi connectivity index (χ1v) is 9.93. The lowest BCUT2D eigenvalue weighted by Gasteiger charge is -2.19. The number of aromatic nitrogens is 1. The Hall–Kier alpha value is -4.13. The van der Waals surface area contributed by atoms with Gasteiger partial charge in [-0.05, 0) is 29.8 Å². The normalized spacial score (nSPS) is 15.4. The van der Waals surface area contributed by atoms with Gasteiger partial charge < -0.3 is 14.8 Å². The van der Waals surface area contributed by atoms with E-state index in [2.05, 4.69) is 10.3 Å². The Morgan fingerprint density at radius 2 is 1.65 bits per heavy atom. The molecule has 5 rings (SSSR count). The van der Waals surface area contributed by atoms with E-state index in [-0.39, 0.29) is 18.1 Å². The summed E-state index contributed by atoms with van der Waals surface area (Å²) >= 11 is 0. The number of carbonyl (C=O) groups is 2. The summed E-state index contributed by atoms with van der Waals surface area (Å²) in [5.74, 6) is 0.492. The molecule has 0 saturated heterocycles. The number of ether oxygens (including phenoxy) is 2. The number of amides is 2. The zero-order valence-electron chi connectivity index (χ0n) is 16.6. The van der Waals surface area contributed by atoms with E-state index < -0.39 is 5.91 Å². The van der Waals surface area contributed by atoms with Crippen LogP contribution in [0.3, 0.4) is 0 Å². The number of pyridine rings is 1. The number of anilines is 1. The molecular weight excluding hydrogens is 394 g/mol. The summed E-state index contributed by atoms with van der Waals surface area (Å²) in [6.45, 7) is 1.06. The second-order valence-electron chi connectivity index (χ2n) is 7.12. The Morgan fingerprint density at radius 1 is 0.871 bits per heavy atom. The third-order valence-corrected chi connectivity index (χ3v) is 5.09. The quantitative estimate of drug-likeness (QED) is 0.647. The lowest BCUT2D eigenvalue weighted by Crippen LogP contribution is -2.32. The van der Waals surface area contributed by atoms with Crippen LogP contribution in [0.5, 0.6) is 11.5 Å². The van der Waals surface area contributed by atoms with Crippen LogP contribution in [0.1, 0.15) is 11.3 Å². The van der Waals surface area contributed by atoms with Gasteiger partial charge >= 0.3 is 0 Å². The molecule has 0 radical (unpaired) electrons. The number of hydrogen-bond acceptors (Lipinski definition) is 6. The highest BCUT2D eigenvalue weighted by Gasteiger charge is 2.39. The molecular formula is C24H19N3O4. The van der Waals surface area contributed by atoms with E-state index in [1.165, 1.54) is 4.90 Å². The summed E-state index contributed by atoms with van der Waals surface area (Å²) in [4.78, 5) is 32.1.